The van der Waals surface area contributed by atoms with Crippen molar-refractivity contribution in [2.75, 3.05) is 0 Å². The standard InChI is InChI=1S/3C10H15Si.Ti/c3*1-11(2)9-8-10-6-4-3-5-7-10;/h3*3-7,9,11H,8H2,1-2H3;/q3*-1;+3. The summed E-state index contributed by atoms with van der Waals surface area (Å²) in [6, 6.07) is 39.3. The minimum absolute atomic E-state index is 0. The molecule has 0 aromatic heterocycles. The molecule has 0 heterocycles. The van der Waals surface area contributed by atoms with Gasteiger partial charge < -0.3 is 18.1 Å². The number of rotatable bonds is 9. The topological polar surface area (TPSA) is 0 Å². The predicted octanol–water partition coefficient (Wildman–Crippen LogP) is 7.38. The van der Waals surface area contributed by atoms with Crippen LogP contribution in [0.1, 0.15) is 16.7 Å². The summed E-state index contributed by atoms with van der Waals surface area (Å²) in [5, 5.41) is 0. The van der Waals surface area contributed by atoms with Gasteiger partial charge in [0.2, 0.25) is 0 Å². The smallest absolute Gasteiger partial charge is 0.326 e. The molecule has 1 radical (unpaired) electrons. The van der Waals surface area contributed by atoms with Gasteiger partial charge in [-0.05, 0) is 0 Å². The van der Waals surface area contributed by atoms with E-state index < -0.39 is 26.4 Å². The maximum Gasteiger partial charge on any atom is 3.00 e. The van der Waals surface area contributed by atoms with Gasteiger partial charge >= 0.3 is 21.7 Å². The molecule has 0 unspecified atom stereocenters. The van der Waals surface area contributed by atoms with Crippen LogP contribution in [0.2, 0.25) is 39.3 Å². The van der Waals surface area contributed by atoms with E-state index in [1.54, 1.807) is 0 Å². The molecule has 0 saturated carbocycles. The van der Waals surface area contributed by atoms with Gasteiger partial charge in [-0.2, -0.15) is 19.3 Å². The average Bonchev–Trinajstić information content (AvgIpc) is 2.83. The monoisotopic (exact) mass is 537 g/mol. The Hall–Kier alpha value is -0.975. The van der Waals surface area contributed by atoms with Crippen molar-refractivity contribution in [2.24, 2.45) is 0 Å². The normalized spacial score (nSPS) is 10.1. The summed E-state index contributed by atoms with van der Waals surface area (Å²) in [6.45, 7) is 14.1. The summed E-state index contributed by atoms with van der Waals surface area (Å²) in [6.07, 6.45) is 3.47. The van der Waals surface area contributed by atoms with Crippen molar-refractivity contribution in [3.8, 4) is 0 Å². The second kappa shape index (κ2) is 21.3. The van der Waals surface area contributed by atoms with E-state index in [9.17, 15) is 0 Å². The minimum Gasteiger partial charge on any atom is -0.326 e. The molecule has 0 atom stereocenters. The Morgan fingerprint density at radius 3 is 0.794 bits per heavy atom. The second-order valence-corrected chi connectivity index (χ2v) is 18.4. The van der Waals surface area contributed by atoms with E-state index in [4.69, 9.17) is 0 Å². The van der Waals surface area contributed by atoms with Crippen molar-refractivity contribution in [3.05, 3.63) is 126 Å². The Kier molecular flexibility index (Phi) is 20.7. The van der Waals surface area contributed by atoms with Crippen molar-refractivity contribution in [1.82, 2.24) is 0 Å². The van der Waals surface area contributed by atoms with Crippen LogP contribution in [-0.2, 0) is 41.0 Å². The Balaban J connectivity index is 0.000000473. The third-order valence-corrected chi connectivity index (χ3v) is 8.54. The molecule has 3 aromatic rings. The van der Waals surface area contributed by atoms with Crippen LogP contribution < -0.4 is 0 Å². The van der Waals surface area contributed by atoms with Gasteiger partial charge in [0.05, 0.1) is 0 Å². The minimum atomic E-state index is -0.465. The first-order valence-corrected chi connectivity index (χ1v) is 21.4. The Labute approximate surface area is 231 Å². The molecule has 4 heteroatoms. The second-order valence-electron chi connectivity index (χ2n) is 9.51. The molecule has 0 aliphatic rings. The fourth-order valence-electron chi connectivity index (χ4n) is 2.96. The van der Waals surface area contributed by atoms with Crippen molar-refractivity contribution in [1.29, 1.82) is 0 Å². The summed E-state index contributed by atoms with van der Waals surface area (Å²) >= 11 is 0. The summed E-state index contributed by atoms with van der Waals surface area (Å²) in [4.78, 5) is 0. The predicted molar refractivity (Wildman–Crippen MR) is 160 cm³/mol. The van der Waals surface area contributed by atoms with Crippen LogP contribution in [0.3, 0.4) is 0 Å². The molecule has 0 saturated heterocycles. The van der Waals surface area contributed by atoms with Crippen LogP contribution in [0.5, 0.6) is 0 Å². The molecule has 3 aromatic carbocycles. The number of hydrogen-bond donors (Lipinski definition) is 0. The fourth-order valence-corrected chi connectivity index (χ4v) is 5.19. The van der Waals surface area contributed by atoms with Crippen molar-refractivity contribution in [2.45, 2.75) is 58.5 Å². The Bertz CT molecular complexity index is 693. The molecule has 0 fully saturated rings. The maximum absolute atomic E-state index is 2.47. The van der Waals surface area contributed by atoms with Gasteiger partial charge in [0, 0.05) is 0 Å². The number of hydrogen-bond acceptors (Lipinski definition) is 0. The van der Waals surface area contributed by atoms with Gasteiger partial charge in [-0.3, -0.25) is 0 Å². The van der Waals surface area contributed by atoms with Crippen LogP contribution in [0.4, 0.5) is 0 Å². The molecular formula is C30H45Si3Ti. The molecule has 0 aliphatic heterocycles. The van der Waals surface area contributed by atoms with Crippen LogP contribution >= 0.6 is 0 Å². The van der Waals surface area contributed by atoms with E-state index in [1.807, 2.05) is 0 Å². The Morgan fingerprint density at radius 1 is 0.412 bits per heavy atom. The van der Waals surface area contributed by atoms with E-state index in [1.165, 1.54) is 16.7 Å². The first kappa shape index (κ1) is 33.0. The molecule has 34 heavy (non-hydrogen) atoms. The van der Waals surface area contributed by atoms with Crippen LogP contribution in [0.25, 0.3) is 0 Å². The van der Waals surface area contributed by atoms with Crippen LogP contribution in [-0.4, -0.2) is 26.4 Å². The first-order valence-electron chi connectivity index (χ1n) is 12.5. The quantitative estimate of drug-likeness (QED) is 0.197. The van der Waals surface area contributed by atoms with E-state index in [2.05, 4.69) is 148 Å². The van der Waals surface area contributed by atoms with E-state index in [0.717, 1.165) is 19.3 Å². The Morgan fingerprint density at radius 2 is 0.618 bits per heavy atom. The zero-order chi connectivity index (χ0) is 24.3. The van der Waals surface area contributed by atoms with E-state index in [-0.39, 0.29) is 21.7 Å². The van der Waals surface area contributed by atoms with Gasteiger partial charge in [0.15, 0.2) is 0 Å². The number of benzene rings is 3. The molecule has 3 rings (SSSR count). The molecule has 181 valence electrons. The maximum atomic E-state index is 2.47. The van der Waals surface area contributed by atoms with Gasteiger partial charge in [-0.25, -0.2) is 0 Å². The van der Waals surface area contributed by atoms with Gasteiger partial charge in [-0.15, -0.1) is 26.4 Å². The largest absolute Gasteiger partial charge is 3.00 e. The van der Waals surface area contributed by atoms with Crippen molar-refractivity contribution < 1.29 is 21.7 Å². The molecule has 0 spiro atoms. The SMILES string of the molecule is C[SiH](C)[CH-]Cc1ccccc1.C[SiH](C)[CH-]Cc1ccccc1.C[SiH](C)[CH-]Cc1ccccc1.[Ti+3]. The van der Waals surface area contributed by atoms with Gasteiger partial charge in [-0.1, -0.05) is 147 Å². The first-order chi connectivity index (χ1) is 15.9. The molecule has 0 N–H and O–H groups in total. The van der Waals surface area contributed by atoms with E-state index in [0.29, 0.717) is 0 Å². The zero-order valence-electron chi connectivity index (χ0n) is 22.2. The summed E-state index contributed by atoms with van der Waals surface area (Å²) in [5.74, 6) is 0. The summed E-state index contributed by atoms with van der Waals surface area (Å²) in [5.41, 5.74) is 4.32. The van der Waals surface area contributed by atoms with Crippen LogP contribution in [0.15, 0.2) is 91.0 Å². The van der Waals surface area contributed by atoms with Gasteiger partial charge in [0.1, 0.15) is 0 Å². The molecule has 0 aliphatic carbocycles. The molecular weight excluding hydrogens is 492 g/mol. The zero-order valence-corrected chi connectivity index (χ0v) is 27.3. The fraction of sp³-hybridized carbons (Fsp3) is 0.300. The third kappa shape index (κ3) is 19.3. The summed E-state index contributed by atoms with van der Waals surface area (Å²) < 4.78 is 0. The van der Waals surface area contributed by atoms with Gasteiger partial charge in [0.25, 0.3) is 0 Å². The van der Waals surface area contributed by atoms with Crippen LogP contribution in [0, 0.1) is 18.1 Å². The molecule has 0 bridgehead atoms. The van der Waals surface area contributed by atoms with Crippen molar-refractivity contribution in [3.63, 3.8) is 0 Å². The van der Waals surface area contributed by atoms with E-state index >= 15 is 0 Å². The summed E-state index contributed by atoms with van der Waals surface area (Å²) in [7, 11) is -1.40. The van der Waals surface area contributed by atoms with Crippen molar-refractivity contribution >= 4 is 26.4 Å². The molecule has 0 amide bonds. The molecule has 0 nitrogen and oxygen atoms in total. The average molecular weight is 538 g/mol. The third-order valence-electron chi connectivity index (χ3n) is 5.00.